The second kappa shape index (κ2) is 4.27. The number of amides is 1. The molecule has 0 radical (unpaired) electrons. The van der Waals surface area contributed by atoms with E-state index in [9.17, 15) is 4.79 Å². The molecule has 2 aromatic rings. The molecule has 1 amide bonds. The van der Waals surface area contributed by atoms with Gasteiger partial charge in [0.15, 0.2) is 5.65 Å². The Hall–Kier alpha value is -1.95. The number of carbonyl (C=O) groups is 1. The summed E-state index contributed by atoms with van der Waals surface area (Å²) in [5.41, 5.74) is 1.20. The number of rotatable bonds is 3. The third-order valence-corrected chi connectivity index (χ3v) is 4.75. The topological polar surface area (TPSA) is 71.3 Å². The van der Waals surface area contributed by atoms with Crippen LogP contribution in [0.25, 0.3) is 5.65 Å². The van der Waals surface area contributed by atoms with E-state index in [0.29, 0.717) is 11.8 Å². The van der Waals surface area contributed by atoms with Crippen LogP contribution in [0.15, 0.2) is 24.5 Å². The first kappa shape index (κ1) is 12.8. The van der Waals surface area contributed by atoms with Crippen LogP contribution in [0.4, 0.5) is 0 Å². The summed E-state index contributed by atoms with van der Waals surface area (Å²) in [5, 5.41) is 10.8. The van der Waals surface area contributed by atoms with E-state index in [2.05, 4.69) is 20.7 Å². The second-order valence-electron chi connectivity index (χ2n) is 6.56. The number of hydrogen-bond donors (Lipinski definition) is 2. The molecular formula is C15H19N5O. The second-order valence-corrected chi connectivity index (χ2v) is 6.56. The molecule has 1 aliphatic heterocycles. The van der Waals surface area contributed by atoms with E-state index in [1.54, 1.807) is 16.9 Å². The van der Waals surface area contributed by atoms with Crippen LogP contribution < -0.4 is 10.6 Å². The van der Waals surface area contributed by atoms with Gasteiger partial charge in [0.05, 0.1) is 17.4 Å². The van der Waals surface area contributed by atoms with E-state index < -0.39 is 5.54 Å². The lowest BCUT2D eigenvalue weighted by atomic mass is 10.0. The van der Waals surface area contributed by atoms with Gasteiger partial charge in [0.1, 0.15) is 0 Å². The summed E-state index contributed by atoms with van der Waals surface area (Å²) < 4.78 is 1.79. The number of fused-ring (bicyclic) bond motifs is 2. The maximum absolute atomic E-state index is 12.5. The van der Waals surface area contributed by atoms with Crippen molar-refractivity contribution in [2.24, 2.45) is 17.8 Å². The first-order chi connectivity index (χ1) is 10.1. The Morgan fingerprint density at radius 3 is 2.95 bits per heavy atom. The molecule has 0 bridgehead atoms. The predicted octanol–water partition coefficient (Wildman–Crippen LogP) is 0.546. The van der Waals surface area contributed by atoms with E-state index >= 15 is 0 Å². The Labute approximate surface area is 122 Å². The van der Waals surface area contributed by atoms with Crippen LogP contribution in [-0.4, -0.2) is 33.6 Å². The van der Waals surface area contributed by atoms with Crippen molar-refractivity contribution in [1.29, 1.82) is 0 Å². The summed E-state index contributed by atoms with van der Waals surface area (Å²) >= 11 is 0. The molecule has 1 saturated carbocycles. The average Bonchev–Trinajstić information content (AvgIpc) is 2.82. The van der Waals surface area contributed by atoms with Crippen molar-refractivity contribution in [1.82, 2.24) is 25.2 Å². The highest BCUT2D eigenvalue weighted by Crippen LogP contribution is 2.49. The van der Waals surface area contributed by atoms with Crippen LogP contribution >= 0.6 is 0 Å². The minimum atomic E-state index is -0.491. The SMILES string of the molecule is CC(C)(NC(=O)C1C2CNC[C@@H]21)c1cnc2cccnn12. The van der Waals surface area contributed by atoms with Gasteiger partial charge in [0.2, 0.25) is 5.91 Å². The van der Waals surface area contributed by atoms with Gasteiger partial charge in [-0.25, -0.2) is 9.50 Å². The van der Waals surface area contributed by atoms with Crippen LogP contribution in [0.2, 0.25) is 0 Å². The molecular weight excluding hydrogens is 266 g/mol. The van der Waals surface area contributed by atoms with E-state index in [1.165, 1.54) is 0 Å². The van der Waals surface area contributed by atoms with Gasteiger partial charge in [-0.3, -0.25) is 4.79 Å². The molecule has 21 heavy (non-hydrogen) atoms. The molecule has 110 valence electrons. The summed E-state index contributed by atoms with van der Waals surface area (Å²) in [5.74, 6) is 1.39. The Kier molecular flexibility index (Phi) is 2.60. The maximum Gasteiger partial charge on any atom is 0.224 e. The molecule has 3 atom stereocenters. The number of carbonyl (C=O) groups excluding carboxylic acids is 1. The minimum Gasteiger partial charge on any atom is -0.345 e. The van der Waals surface area contributed by atoms with E-state index in [0.717, 1.165) is 24.4 Å². The van der Waals surface area contributed by atoms with Gasteiger partial charge in [-0.05, 0) is 50.9 Å². The summed E-state index contributed by atoms with van der Waals surface area (Å²) in [4.78, 5) is 16.8. The van der Waals surface area contributed by atoms with Crippen molar-refractivity contribution in [2.45, 2.75) is 19.4 Å². The number of hydrogen-bond acceptors (Lipinski definition) is 4. The van der Waals surface area contributed by atoms with Crippen LogP contribution in [0.3, 0.4) is 0 Å². The molecule has 2 aliphatic rings. The van der Waals surface area contributed by atoms with Gasteiger partial charge >= 0.3 is 0 Å². The molecule has 3 heterocycles. The number of piperidine rings is 1. The van der Waals surface area contributed by atoms with Gasteiger partial charge in [-0.2, -0.15) is 5.10 Å². The van der Waals surface area contributed by atoms with Crippen molar-refractivity contribution in [2.75, 3.05) is 13.1 Å². The molecule has 1 aliphatic carbocycles. The summed E-state index contributed by atoms with van der Waals surface area (Å²) in [6.45, 7) is 5.94. The standard InChI is InChI=1S/C15H19N5O/c1-15(2,11-8-17-12-4-3-5-18-20(11)12)19-14(21)13-9-6-16-7-10(9)13/h3-5,8-10,13,16H,6-7H2,1-2H3,(H,19,21)/t9-,10?,13?/m0/s1. The summed E-state index contributed by atoms with van der Waals surface area (Å²) in [7, 11) is 0. The Balaban J connectivity index is 1.57. The zero-order chi connectivity index (χ0) is 14.6. The monoisotopic (exact) mass is 285 g/mol. The Morgan fingerprint density at radius 1 is 1.43 bits per heavy atom. The zero-order valence-corrected chi connectivity index (χ0v) is 12.2. The Morgan fingerprint density at radius 2 is 2.19 bits per heavy atom. The molecule has 0 spiro atoms. The molecule has 2 unspecified atom stereocenters. The van der Waals surface area contributed by atoms with Crippen molar-refractivity contribution in [3.05, 3.63) is 30.2 Å². The van der Waals surface area contributed by atoms with Crippen molar-refractivity contribution >= 4 is 11.6 Å². The summed E-state index contributed by atoms with van der Waals surface area (Å²) in [6.07, 6.45) is 3.52. The third-order valence-electron chi connectivity index (χ3n) is 4.75. The number of aromatic nitrogens is 3. The van der Waals surface area contributed by atoms with E-state index in [1.807, 2.05) is 26.0 Å². The quantitative estimate of drug-likeness (QED) is 0.864. The van der Waals surface area contributed by atoms with Crippen LogP contribution in [0.5, 0.6) is 0 Å². The molecule has 2 fully saturated rings. The van der Waals surface area contributed by atoms with Gasteiger partial charge in [0, 0.05) is 12.1 Å². The van der Waals surface area contributed by atoms with Gasteiger partial charge in [-0.1, -0.05) is 0 Å². The van der Waals surface area contributed by atoms with E-state index in [4.69, 9.17) is 0 Å². The van der Waals surface area contributed by atoms with Gasteiger partial charge in [-0.15, -0.1) is 0 Å². The van der Waals surface area contributed by atoms with Crippen LogP contribution in [0.1, 0.15) is 19.5 Å². The highest BCUT2D eigenvalue weighted by molar-refractivity contribution is 5.83. The van der Waals surface area contributed by atoms with Gasteiger partial charge < -0.3 is 10.6 Å². The first-order valence-electron chi connectivity index (χ1n) is 7.40. The summed E-state index contributed by atoms with van der Waals surface area (Å²) in [6, 6.07) is 3.77. The number of imidazole rings is 1. The highest BCUT2D eigenvalue weighted by atomic mass is 16.2. The van der Waals surface area contributed by atoms with Crippen molar-refractivity contribution < 1.29 is 4.79 Å². The van der Waals surface area contributed by atoms with Crippen molar-refractivity contribution in [3.63, 3.8) is 0 Å². The van der Waals surface area contributed by atoms with E-state index in [-0.39, 0.29) is 11.8 Å². The van der Waals surface area contributed by atoms with Crippen LogP contribution in [0, 0.1) is 17.8 Å². The molecule has 6 heteroatoms. The van der Waals surface area contributed by atoms with Crippen molar-refractivity contribution in [3.8, 4) is 0 Å². The molecule has 2 N–H and O–H groups in total. The Bertz CT molecular complexity index is 697. The lowest BCUT2D eigenvalue weighted by Crippen LogP contribution is -2.44. The third kappa shape index (κ3) is 1.93. The number of nitrogens with one attached hydrogen (secondary N) is 2. The smallest absolute Gasteiger partial charge is 0.224 e. The lowest BCUT2D eigenvalue weighted by Gasteiger charge is -2.26. The molecule has 0 aromatic carbocycles. The molecule has 4 rings (SSSR count). The fourth-order valence-corrected chi connectivity index (χ4v) is 3.52. The lowest BCUT2D eigenvalue weighted by molar-refractivity contribution is -0.124. The fraction of sp³-hybridized carbons (Fsp3) is 0.533. The largest absolute Gasteiger partial charge is 0.345 e. The fourth-order valence-electron chi connectivity index (χ4n) is 3.52. The minimum absolute atomic E-state index is 0.155. The zero-order valence-electron chi connectivity index (χ0n) is 12.2. The van der Waals surface area contributed by atoms with Crippen LogP contribution in [-0.2, 0) is 10.3 Å². The average molecular weight is 285 g/mol. The highest BCUT2D eigenvalue weighted by Gasteiger charge is 2.57. The van der Waals surface area contributed by atoms with Gasteiger partial charge in [0.25, 0.3) is 0 Å². The first-order valence-corrected chi connectivity index (χ1v) is 7.40. The molecule has 1 saturated heterocycles. The predicted molar refractivity (Wildman–Crippen MR) is 77.5 cm³/mol. The normalized spacial score (nSPS) is 27.6. The molecule has 2 aromatic heterocycles. The number of nitrogens with zero attached hydrogens (tertiary/aromatic N) is 3. The maximum atomic E-state index is 12.5. The molecule has 6 nitrogen and oxygen atoms in total.